The normalized spacial score (nSPS) is 12.2. The number of hydrogen-bond acceptors (Lipinski definition) is 4. The second kappa shape index (κ2) is 8.30. The lowest BCUT2D eigenvalue weighted by Gasteiger charge is -2.11. The minimum Gasteiger partial charge on any atom is -0.200 e. The second-order valence-electron chi connectivity index (χ2n) is 7.46. The smallest absolute Gasteiger partial charge is 0.200 e. The molecule has 2 aromatic heterocycles. The Kier molecular flexibility index (Phi) is 5.41. The molecular weight excluding hydrogens is 483 g/mol. The highest BCUT2D eigenvalue weighted by molar-refractivity contribution is 7.92. The number of rotatable bonds is 5. The van der Waals surface area contributed by atoms with E-state index in [4.69, 9.17) is 0 Å². The Labute approximate surface area is 197 Å². The summed E-state index contributed by atoms with van der Waals surface area (Å²) < 4.78 is 65.7. The van der Waals surface area contributed by atoms with Gasteiger partial charge < -0.3 is 0 Å². The van der Waals surface area contributed by atoms with E-state index in [0.717, 1.165) is 27.3 Å². The Morgan fingerprint density at radius 1 is 0.853 bits per heavy atom. The van der Waals surface area contributed by atoms with Crippen molar-refractivity contribution in [3.05, 3.63) is 96.0 Å². The van der Waals surface area contributed by atoms with Crippen LogP contribution >= 0.6 is 11.3 Å². The molecule has 2 heterocycles. The highest BCUT2D eigenvalue weighted by Crippen LogP contribution is 2.36. The van der Waals surface area contributed by atoms with Gasteiger partial charge in [-0.15, -0.1) is 16.4 Å². The third-order valence-electron chi connectivity index (χ3n) is 5.21. The van der Waals surface area contributed by atoms with Crippen LogP contribution in [-0.4, -0.2) is 18.3 Å². The molecule has 5 nitrogen and oxygen atoms in total. The van der Waals surface area contributed by atoms with Crippen LogP contribution in [0.2, 0.25) is 0 Å². The summed E-state index contributed by atoms with van der Waals surface area (Å²) in [6.07, 6.45) is -4.74. The molecule has 0 saturated carbocycles. The number of nitrogens with one attached hydrogen (secondary N) is 1. The molecule has 0 aliphatic heterocycles. The van der Waals surface area contributed by atoms with Crippen molar-refractivity contribution in [3.8, 4) is 21.7 Å². The fraction of sp³-hybridized carbons (Fsp3) is 0.0417. The Morgan fingerprint density at radius 3 is 2.21 bits per heavy atom. The van der Waals surface area contributed by atoms with Crippen LogP contribution in [-0.2, 0) is 16.2 Å². The summed E-state index contributed by atoms with van der Waals surface area (Å²) in [5.74, 6) is 0. The van der Waals surface area contributed by atoms with Gasteiger partial charge in [-0.25, -0.2) is 0 Å². The number of thiophene rings is 1. The van der Waals surface area contributed by atoms with Crippen molar-refractivity contribution in [1.82, 2.24) is 9.89 Å². The number of hydrogen-bond donors (Lipinski definition) is 1. The minimum absolute atomic E-state index is 0.0329. The minimum atomic E-state index is -4.74. The van der Waals surface area contributed by atoms with Gasteiger partial charge in [0.25, 0.3) is 10.0 Å². The average molecular weight is 500 g/mol. The zero-order valence-electron chi connectivity index (χ0n) is 17.3. The van der Waals surface area contributed by atoms with Crippen molar-refractivity contribution in [2.24, 2.45) is 0 Å². The van der Waals surface area contributed by atoms with E-state index in [0.29, 0.717) is 10.4 Å². The summed E-state index contributed by atoms with van der Waals surface area (Å²) in [7, 11) is -4.16. The molecule has 172 valence electrons. The molecule has 0 saturated heterocycles. The molecule has 0 aliphatic rings. The van der Waals surface area contributed by atoms with Crippen molar-refractivity contribution >= 4 is 32.1 Å². The number of halogens is 3. The fourth-order valence-electron chi connectivity index (χ4n) is 3.57. The first kappa shape index (κ1) is 22.2. The molecule has 0 atom stereocenters. The van der Waals surface area contributed by atoms with Gasteiger partial charge in [0.1, 0.15) is 0 Å². The van der Waals surface area contributed by atoms with Gasteiger partial charge in [0.2, 0.25) is 0 Å². The van der Waals surface area contributed by atoms with Crippen molar-refractivity contribution in [3.63, 3.8) is 0 Å². The second-order valence-corrected chi connectivity index (χ2v) is 10.0. The molecule has 5 aromatic rings. The first-order valence-electron chi connectivity index (χ1n) is 10.0. The molecule has 0 fully saturated rings. The zero-order valence-corrected chi connectivity index (χ0v) is 19.0. The molecule has 10 heteroatoms. The highest BCUT2D eigenvalue weighted by Gasteiger charge is 2.35. The third-order valence-corrected chi connectivity index (χ3v) is 7.58. The fourth-order valence-corrected chi connectivity index (χ4v) is 5.59. The Morgan fingerprint density at radius 2 is 1.50 bits per heavy atom. The lowest BCUT2D eigenvalue weighted by molar-refractivity contribution is -0.141. The number of benzene rings is 3. The lowest BCUT2D eigenvalue weighted by Crippen LogP contribution is -2.25. The maximum Gasteiger partial charge on any atom is 0.435 e. The Hall–Kier alpha value is -3.63. The van der Waals surface area contributed by atoms with Crippen molar-refractivity contribution in [2.75, 3.05) is 4.83 Å². The standard InChI is InChI=1S/C24H16F3N3O2S2/c25-24(26,27)22-14-21(30(28-22)29-34(31,32)19-7-2-1-3-8-19)16-10-12-17(13-11-16)23-20-9-5-4-6-18(20)15-33-23/h1-15,29H. The van der Waals surface area contributed by atoms with Crippen LogP contribution in [0.3, 0.4) is 0 Å². The molecule has 0 radical (unpaired) electrons. The van der Waals surface area contributed by atoms with E-state index in [9.17, 15) is 21.6 Å². The largest absolute Gasteiger partial charge is 0.435 e. The zero-order chi connectivity index (χ0) is 23.9. The number of alkyl halides is 3. The monoisotopic (exact) mass is 499 g/mol. The molecule has 34 heavy (non-hydrogen) atoms. The van der Waals surface area contributed by atoms with Crippen LogP contribution < -0.4 is 4.83 Å². The first-order valence-corrected chi connectivity index (χ1v) is 12.4. The van der Waals surface area contributed by atoms with E-state index in [1.165, 1.54) is 24.3 Å². The first-order chi connectivity index (χ1) is 16.2. The van der Waals surface area contributed by atoms with E-state index in [1.807, 2.05) is 29.6 Å². The van der Waals surface area contributed by atoms with E-state index < -0.39 is 21.9 Å². The van der Waals surface area contributed by atoms with Crippen LogP contribution in [0.15, 0.2) is 95.2 Å². The third kappa shape index (κ3) is 4.17. The molecular formula is C24H16F3N3O2S2. The number of aromatic nitrogens is 2. The highest BCUT2D eigenvalue weighted by atomic mass is 32.2. The molecule has 0 spiro atoms. The van der Waals surface area contributed by atoms with Gasteiger partial charge in [0.05, 0.1) is 10.6 Å². The van der Waals surface area contributed by atoms with Crippen LogP contribution in [0.1, 0.15) is 5.69 Å². The lowest BCUT2D eigenvalue weighted by atomic mass is 10.1. The SMILES string of the molecule is O=S(=O)(Nn1nc(C(F)(F)F)cc1-c1ccc(-c2scc3ccccc23)cc1)c1ccccc1. The molecule has 0 aliphatic carbocycles. The van der Waals surface area contributed by atoms with Gasteiger partial charge >= 0.3 is 6.18 Å². The van der Waals surface area contributed by atoms with Gasteiger partial charge in [0.15, 0.2) is 5.69 Å². The molecule has 3 aromatic carbocycles. The van der Waals surface area contributed by atoms with Crippen molar-refractivity contribution < 1.29 is 21.6 Å². The number of nitrogens with zero attached hydrogens (tertiary/aromatic N) is 2. The summed E-state index contributed by atoms with van der Waals surface area (Å²) in [5.41, 5.74) is 0.0475. The maximum absolute atomic E-state index is 13.4. The average Bonchev–Trinajstić information content (AvgIpc) is 3.44. The van der Waals surface area contributed by atoms with Crippen molar-refractivity contribution in [1.29, 1.82) is 0 Å². The van der Waals surface area contributed by atoms with Crippen LogP contribution in [0, 0.1) is 0 Å². The van der Waals surface area contributed by atoms with Gasteiger partial charge in [0, 0.05) is 15.8 Å². The van der Waals surface area contributed by atoms with E-state index >= 15 is 0 Å². The van der Waals surface area contributed by atoms with Crippen LogP contribution in [0.25, 0.3) is 32.5 Å². The number of sulfonamides is 1. The summed E-state index contributed by atoms with van der Waals surface area (Å²) in [5, 5.41) is 7.72. The van der Waals surface area contributed by atoms with Gasteiger partial charge in [-0.3, -0.25) is 0 Å². The molecule has 1 N–H and O–H groups in total. The summed E-state index contributed by atoms with van der Waals surface area (Å²) >= 11 is 1.58. The summed E-state index contributed by atoms with van der Waals surface area (Å²) in [4.78, 5) is 3.74. The van der Waals surface area contributed by atoms with Gasteiger partial charge in [-0.2, -0.15) is 31.2 Å². The predicted octanol–water partition coefficient (Wildman–Crippen LogP) is 6.38. The maximum atomic E-state index is 13.4. The predicted molar refractivity (Wildman–Crippen MR) is 126 cm³/mol. The van der Waals surface area contributed by atoms with Crippen molar-refractivity contribution in [2.45, 2.75) is 11.1 Å². The summed E-state index contributed by atoms with van der Waals surface area (Å²) in [6.45, 7) is 0. The molecule has 5 rings (SSSR count). The molecule has 0 amide bonds. The molecule has 0 bridgehead atoms. The summed E-state index contributed by atoms with van der Waals surface area (Å²) in [6, 6.07) is 23.0. The number of fused-ring (bicyclic) bond motifs is 1. The Bertz CT molecular complexity index is 1570. The quantitative estimate of drug-likeness (QED) is 0.305. The van der Waals surface area contributed by atoms with Gasteiger partial charge in [-0.05, 0) is 34.5 Å². The van der Waals surface area contributed by atoms with Crippen LogP contribution in [0.4, 0.5) is 13.2 Å². The Balaban J connectivity index is 1.55. The topological polar surface area (TPSA) is 64.0 Å². The van der Waals surface area contributed by atoms with E-state index in [2.05, 4.69) is 9.93 Å². The van der Waals surface area contributed by atoms with E-state index in [1.54, 1.807) is 41.7 Å². The van der Waals surface area contributed by atoms with Gasteiger partial charge in [-0.1, -0.05) is 66.7 Å². The van der Waals surface area contributed by atoms with Crippen LogP contribution in [0.5, 0.6) is 0 Å². The van der Waals surface area contributed by atoms with E-state index in [-0.39, 0.29) is 10.6 Å². The molecule has 0 unspecified atom stereocenters.